The summed E-state index contributed by atoms with van der Waals surface area (Å²) >= 11 is 9.88. The molecule has 1 aromatic carbocycles. The Morgan fingerprint density at radius 1 is 1.42 bits per heavy atom. The molecule has 6 heteroatoms. The highest BCUT2D eigenvalue weighted by molar-refractivity contribution is 7.80. The van der Waals surface area contributed by atoms with E-state index in [2.05, 4.69) is 17.9 Å². The van der Waals surface area contributed by atoms with Gasteiger partial charge in [-0.15, -0.1) is 0 Å². The number of hydrogen-bond donors (Lipinski definition) is 3. The van der Waals surface area contributed by atoms with Crippen molar-refractivity contribution in [2.24, 2.45) is 0 Å². The molecule has 19 heavy (non-hydrogen) atoms. The Balaban J connectivity index is 2.64. The molecule has 0 radical (unpaired) electrons. The van der Waals surface area contributed by atoms with E-state index in [0.29, 0.717) is 16.3 Å². The van der Waals surface area contributed by atoms with E-state index in [-0.39, 0.29) is 6.42 Å². The second-order valence-electron chi connectivity index (χ2n) is 3.77. The first-order chi connectivity index (χ1) is 9.04. The highest BCUT2D eigenvalue weighted by Crippen LogP contribution is 2.16. The van der Waals surface area contributed by atoms with Crippen molar-refractivity contribution in [1.29, 1.82) is 0 Å². The molecule has 0 saturated heterocycles. The van der Waals surface area contributed by atoms with Gasteiger partial charge in [0, 0.05) is 11.1 Å². The summed E-state index contributed by atoms with van der Waals surface area (Å²) in [6.45, 7) is 0. The van der Waals surface area contributed by atoms with Gasteiger partial charge in [-0.25, -0.2) is 4.79 Å². The van der Waals surface area contributed by atoms with E-state index >= 15 is 0 Å². The Kier molecular flexibility index (Phi) is 6.45. The van der Waals surface area contributed by atoms with Crippen LogP contribution in [0.2, 0.25) is 5.02 Å². The molecule has 1 atom stereocenters. The summed E-state index contributed by atoms with van der Waals surface area (Å²) in [7, 11) is 0. The van der Waals surface area contributed by atoms with Gasteiger partial charge in [0.25, 0.3) is 0 Å². The average molecular weight is 300 g/mol. The number of halogens is 1. The van der Waals surface area contributed by atoms with Crippen molar-refractivity contribution >= 4 is 42.2 Å². The van der Waals surface area contributed by atoms with Crippen molar-refractivity contribution in [2.45, 2.75) is 12.5 Å². The van der Waals surface area contributed by atoms with E-state index < -0.39 is 17.9 Å². The largest absolute Gasteiger partial charge is 0.480 e. The smallest absolute Gasteiger partial charge is 0.326 e. The molecule has 0 aliphatic carbocycles. The lowest BCUT2D eigenvalue weighted by molar-refractivity contribution is -0.141. The van der Waals surface area contributed by atoms with Crippen LogP contribution in [-0.4, -0.2) is 28.8 Å². The Bertz CT molecular complexity index is 491. The summed E-state index contributed by atoms with van der Waals surface area (Å²) in [4.78, 5) is 22.4. The van der Waals surface area contributed by atoms with Crippen LogP contribution >= 0.6 is 24.2 Å². The van der Waals surface area contributed by atoms with Gasteiger partial charge in [-0.3, -0.25) is 4.79 Å². The standard InChI is InChI=1S/C13H14ClNO3S/c14-10-4-2-1-3-9(10)5-6-12(16)15-11(7-8-19)13(17)18/h1-6,11,19H,7-8H2,(H,15,16)(H,17,18)/b6-5+. The number of amides is 1. The third-order valence-corrected chi connectivity index (χ3v) is 2.95. The molecule has 0 spiro atoms. The molecule has 102 valence electrons. The first kappa shape index (κ1) is 15.6. The molecule has 1 unspecified atom stereocenters. The maximum atomic E-state index is 11.6. The van der Waals surface area contributed by atoms with Crippen LogP contribution < -0.4 is 5.32 Å². The molecule has 0 aromatic heterocycles. The lowest BCUT2D eigenvalue weighted by Crippen LogP contribution is -2.40. The van der Waals surface area contributed by atoms with E-state index in [4.69, 9.17) is 16.7 Å². The zero-order valence-electron chi connectivity index (χ0n) is 10.0. The molecule has 1 amide bonds. The zero-order valence-corrected chi connectivity index (χ0v) is 11.7. The second-order valence-corrected chi connectivity index (χ2v) is 4.62. The highest BCUT2D eigenvalue weighted by Gasteiger charge is 2.17. The van der Waals surface area contributed by atoms with Crippen LogP contribution in [0.3, 0.4) is 0 Å². The van der Waals surface area contributed by atoms with E-state index in [9.17, 15) is 9.59 Å². The Labute approximate surface area is 121 Å². The zero-order chi connectivity index (χ0) is 14.3. The topological polar surface area (TPSA) is 66.4 Å². The molecule has 0 fully saturated rings. The molecule has 0 heterocycles. The first-order valence-corrected chi connectivity index (χ1v) is 6.62. The highest BCUT2D eigenvalue weighted by atomic mass is 35.5. The monoisotopic (exact) mass is 299 g/mol. The second kappa shape index (κ2) is 7.86. The number of carboxylic acids is 1. The van der Waals surface area contributed by atoms with Crippen LogP contribution in [0.4, 0.5) is 0 Å². The van der Waals surface area contributed by atoms with Crippen molar-refractivity contribution in [3.05, 3.63) is 40.9 Å². The number of aliphatic carboxylic acids is 1. The minimum atomic E-state index is -1.08. The summed E-state index contributed by atoms with van der Waals surface area (Å²) < 4.78 is 0. The molecule has 0 saturated carbocycles. The SMILES string of the molecule is O=C(/C=C/c1ccccc1Cl)NC(CCS)C(=O)O. The molecule has 4 nitrogen and oxygen atoms in total. The quantitative estimate of drug-likeness (QED) is 0.557. The van der Waals surface area contributed by atoms with E-state index in [1.165, 1.54) is 12.2 Å². The van der Waals surface area contributed by atoms with Gasteiger partial charge in [0.15, 0.2) is 0 Å². The van der Waals surface area contributed by atoms with Crippen LogP contribution in [0.1, 0.15) is 12.0 Å². The lowest BCUT2D eigenvalue weighted by atomic mass is 10.2. The van der Waals surface area contributed by atoms with Crippen LogP contribution in [0.25, 0.3) is 6.08 Å². The Morgan fingerprint density at radius 2 is 2.11 bits per heavy atom. The number of rotatable bonds is 6. The number of carbonyl (C=O) groups is 2. The number of thiol groups is 1. The third kappa shape index (κ3) is 5.36. The fraction of sp³-hybridized carbons (Fsp3) is 0.231. The van der Waals surface area contributed by atoms with Gasteiger partial charge in [0.2, 0.25) is 5.91 Å². The van der Waals surface area contributed by atoms with Crippen LogP contribution in [-0.2, 0) is 9.59 Å². The van der Waals surface area contributed by atoms with E-state index in [1.807, 2.05) is 0 Å². The van der Waals surface area contributed by atoms with Crippen molar-refractivity contribution < 1.29 is 14.7 Å². The van der Waals surface area contributed by atoms with E-state index in [0.717, 1.165) is 0 Å². The number of carboxylic acid groups (broad SMARTS) is 1. The van der Waals surface area contributed by atoms with Crippen molar-refractivity contribution in [2.75, 3.05) is 5.75 Å². The molecule has 2 N–H and O–H groups in total. The number of benzene rings is 1. The summed E-state index contributed by atoms with van der Waals surface area (Å²) in [5.74, 6) is -1.17. The van der Waals surface area contributed by atoms with Gasteiger partial charge in [0.1, 0.15) is 6.04 Å². The maximum Gasteiger partial charge on any atom is 0.326 e. The molecular formula is C13H14ClNO3S. The van der Waals surface area contributed by atoms with Crippen LogP contribution in [0, 0.1) is 0 Å². The predicted molar refractivity (Wildman–Crippen MR) is 78.5 cm³/mol. The fourth-order valence-corrected chi connectivity index (χ4v) is 1.84. The Morgan fingerprint density at radius 3 is 2.68 bits per heavy atom. The van der Waals surface area contributed by atoms with Crippen LogP contribution in [0.15, 0.2) is 30.3 Å². The van der Waals surface area contributed by atoms with Gasteiger partial charge in [-0.1, -0.05) is 29.8 Å². The molecule has 0 bridgehead atoms. The van der Waals surface area contributed by atoms with Gasteiger partial charge >= 0.3 is 5.97 Å². The van der Waals surface area contributed by atoms with Gasteiger partial charge in [0.05, 0.1) is 0 Å². The minimum absolute atomic E-state index is 0.268. The summed E-state index contributed by atoms with van der Waals surface area (Å²) in [5, 5.41) is 11.8. The van der Waals surface area contributed by atoms with Crippen molar-refractivity contribution in [3.63, 3.8) is 0 Å². The minimum Gasteiger partial charge on any atom is -0.480 e. The lowest BCUT2D eigenvalue weighted by Gasteiger charge is -2.11. The van der Waals surface area contributed by atoms with Gasteiger partial charge in [-0.05, 0) is 29.9 Å². The molecule has 1 rings (SSSR count). The summed E-state index contributed by atoms with van der Waals surface area (Å²) in [6.07, 6.45) is 3.07. The number of hydrogen-bond acceptors (Lipinski definition) is 3. The maximum absolute atomic E-state index is 11.6. The van der Waals surface area contributed by atoms with Gasteiger partial charge in [-0.2, -0.15) is 12.6 Å². The first-order valence-electron chi connectivity index (χ1n) is 5.61. The Hall–Kier alpha value is -1.46. The molecule has 0 aliphatic heterocycles. The van der Waals surface area contributed by atoms with E-state index in [1.54, 1.807) is 24.3 Å². The van der Waals surface area contributed by atoms with Gasteiger partial charge < -0.3 is 10.4 Å². The average Bonchev–Trinajstić information content (AvgIpc) is 2.37. The molecule has 0 aliphatic rings. The van der Waals surface area contributed by atoms with Crippen molar-refractivity contribution in [1.82, 2.24) is 5.32 Å². The fourth-order valence-electron chi connectivity index (χ4n) is 1.38. The summed E-state index contributed by atoms with van der Waals surface area (Å²) in [6, 6.07) is 6.12. The number of carbonyl (C=O) groups excluding carboxylic acids is 1. The van der Waals surface area contributed by atoms with Crippen molar-refractivity contribution in [3.8, 4) is 0 Å². The molecular weight excluding hydrogens is 286 g/mol. The third-order valence-electron chi connectivity index (χ3n) is 2.35. The van der Waals surface area contributed by atoms with Crippen LogP contribution in [0.5, 0.6) is 0 Å². The molecule has 1 aromatic rings. The normalized spacial score (nSPS) is 12.3. The number of nitrogens with one attached hydrogen (secondary N) is 1. The summed E-state index contributed by atoms with van der Waals surface area (Å²) in [5.41, 5.74) is 0.695. The predicted octanol–water partition coefficient (Wildman–Crippen LogP) is 2.24.